The Labute approximate surface area is 182 Å². The van der Waals surface area contributed by atoms with Crippen LogP contribution in [-0.2, 0) is 12.8 Å². The second-order valence-corrected chi connectivity index (χ2v) is 8.02. The lowest BCUT2D eigenvalue weighted by molar-refractivity contribution is 0.287. The topological polar surface area (TPSA) is 3.24 Å². The third-order valence-corrected chi connectivity index (χ3v) is 6.03. The molecule has 0 fully saturated rings. The molecule has 0 aliphatic rings. The average Bonchev–Trinajstić information content (AvgIpc) is 2.79. The number of aryl methyl sites for hydroxylation is 2. The average molecular weight is 398 g/mol. The molecule has 0 saturated heterocycles. The van der Waals surface area contributed by atoms with E-state index >= 15 is 0 Å². The summed E-state index contributed by atoms with van der Waals surface area (Å²) in [7, 11) is 0. The molecule has 0 saturated carbocycles. The van der Waals surface area contributed by atoms with Gasteiger partial charge in [-0.25, -0.2) is 0 Å². The summed E-state index contributed by atoms with van der Waals surface area (Å²) in [5, 5.41) is 2.68. The Hall–Kier alpha value is -2.80. The van der Waals surface area contributed by atoms with Gasteiger partial charge >= 0.3 is 0 Å². The van der Waals surface area contributed by atoms with Gasteiger partial charge in [-0.1, -0.05) is 93.2 Å². The predicted molar refractivity (Wildman–Crippen MR) is 133 cm³/mol. The monoisotopic (exact) mass is 397 g/mol. The van der Waals surface area contributed by atoms with Crippen molar-refractivity contribution in [2.45, 2.75) is 52.0 Å². The lowest BCUT2D eigenvalue weighted by Crippen LogP contribution is -2.33. The van der Waals surface area contributed by atoms with Crippen LogP contribution in [-0.4, -0.2) is 17.5 Å². The van der Waals surface area contributed by atoms with Crippen LogP contribution in [0, 0.1) is 0 Å². The van der Waals surface area contributed by atoms with Gasteiger partial charge in [0.1, 0.15) is 0 Å². The van der Waals surface area contributed by atoms with Gasteiger partial charge in [-0.05, 0) is 54.0 Å². The molecule has 0 heterocycles. The van der Waals surface area contributed by atoms with Crippen molar-refractivity contribution < 1.29 is 0 Å². The fourth-order valence-corrected chi connectivity index (χ4v) is 4.44. The molecule has 1 atom stereocenters. The molecule has 1 unspecified atom stereocenters. The molecule has 0 N–H and O–H groups in total. The summed E-state index contributed by atoms with van der Waals surface area (Å²) in [6, 6.07) is 24.6. The van der Waals surface area contributed by atoms with Crippen LogP contribution in [0.25, 0.3) is 16.5 Å². The van der Waals surface area contributed by atoms with Gasteiger partial charge in [-0.15, -0.1) is 6.58 Å². The number of benzene rings is 3. The van der Waals surface area contributed by atoms with E-state index in [0.29, 0.717) is 6.04 Å². The zero-order valence-electron chi connectivity index (χ0n) is 18.6. The second-order valence-electron chi connectivity index (χ2n) is 8.02. The Morgan fingerprint density at radius 1 is 0.900 bits per heavy atom. The minimum atomic E-state index is 0.459. The van der Waals surface area contributed by atoms with E-state index in [1.165, 1.54) is 27.5 Å². The molecule has 30 heavy (non-hydrogen) atoms. The van der Waals surface area contributed by atoms with Gasteiger partial charge in [0.15, 0.2) is 0 Å². The lowest BCUT2D eigenvalue weighted by Gasteiger charge is -2.35. The molecular weight excluding hydrogens is 362 g/mol. The van der Waals surface area contributed by atoms with Gasteiger partial charge in [0.05, 0.1) is 0 Å². The highest BCUT2D eigenvalue weighted by molar-refractivity contribution is 5.85. The summed E-state index contributed by atoms with van der Waals surface area (Å²) in [4.78, 5) is 2.50. The zero-order chi connectivity index (χ0) is 21.3. The summed E-state index contributed by atoms with van der Waals surface area (Å²) in [5.74, 6) is 0. The highest BCUT2D eigenvalue weighted by Crippen LogP contribution is 2.28. The molecule has 0 radical (unpaired) electrons. The van der Waals surface area contributed by atoms with Crippen molar-refractivity contribution in [1.82, 2.24) is 4.90 Å². The first-order valence-corrected chi connectivity index (χ1v) is 11.3. The standard InChI is InChI=1S/C29H35N/c1-5-13-27(7-3)30(22-6-2)23(4)28-18-10-8-15-25(28)20-21-26-17-12-16-24-14-9-11-19-29(24)26/h5,8-12,14-19,27H,1,4,6-7,13,20-22H2,2-3H3. The SMILES string of the molecule is C=CCC(CC)N(CCC)C(=C)c1ccccc1CCc1cccc2ccccc12. The Morgan fingerprint density at radius 2 is 1.57 bits per heavy atom. The maximum absolute atomic E-state index is 4.55. The van der Waals surface area contributed by atoms with Gasteiger partial charge < -0.3 is 4.90 Å². The minimum absolute atomic E-state index is 0.459. The van der Waals surface area contributed by atoms with Crippen molar-refractivity contribution >= 4 is 16.5 Å². The van der Waals surface area contributed by atoms with Crippen LogP contribution >= 0.6 is 0 Å². The normalized spacial score (nSPS) is 11.9. The van der Waals surface area contributed by atoms with Crippen molar-refractivity contribution in [1.29, 1.82) is 0 Å². The third kappa shape index (κ3) is 5.02. The van der Waals surface area contributed by atoms with Crippen LogP contribution in [0.5, 0.6) is 0 Å². The van der Waals surface area contributed by atoms with E-state index in [1.54, 1.807) is 0 Å². The summed E-state index contributed by atoms with van der Waals surface area (Å²) in [5.41, 5.74) is 5.23. The van der Waals surface area contributed by atoms with Crippen LogP contribution in [0.1, 0.15) is 49.8 Å². The van der Waals surface area contributed by atoms with Gasteiger partial charge in [0, 0.05) is 23.8 Å². The number of hydrogen-bond acceptors (Lipinski definition) is 1. The van der Waals surface area contributed by atoms with Crippen molar-refractivity contribution in [3.8, 4) is 0 Å². The largest absolute Gasteiger partial charge is 0.368 e. The van der Waals surface area contributed by atoms with Gasteiger partial charge in [-0.3, -0.25) is 0 Å². The van der Waals surface area contributed by atoms with E-state index in [1.807, 2.05) is 6.08 Å². The molecule has 3 rings (SSSR count). The first-order chi connectivity index (χ1) is 14.7. The molecule has 3 aromatic carbocycles. The lowest BCUT2D eigenvalue weighted by atomic mass is 9.94. The quantitative estimate of drug-likeness (QED) is 0.300. The van der Waals surface area contributed by atoms with Crippen LogP contribution in [0.2, 0.25) is 0 Å². The molecule has 0 aromatic heterocycles. The Morgan fingerprint density at radius 3 is 2.33 bits per heavy atom. The molecule has 3 aromatic rings. The van der Waals surface area contributed by atoms with E-state index in [4.69, 9.17) is 0 Å². The van der Waals surface area contributed by atoms with E-state index in [0.717, 1.165) is 44.3 Å². The molecule has 156 valence electrons. The molecular formula is C29H35N. The molecule has 0 spiro atoms. The summed E-state index contributed by atoms with van der Waals surface area (Å²) >= 11 is 0. The van der Waals surface area contributed by atoms with Gasteiger partial charge in [0.2, 0.25) is 0 Å². The summed E-state index contributed by atoms with van der Waals surface area (Å²) in [6.45, 7) is 14.1. The van der Waals surface area contributed by atoms with Crippen LogP contribution in [0.15, 0.2) is 86.0 Å². The smallest absolute Gasteiger partial charge is 0.0372 e. The fraction of sp³-hybridized carbons (Fsp3) is 0.310. The van der Waals surface area contributed by atoms with Crippen LogP contribution in [0.4, 0.5) is 0 Å². The predicted octanol–water partition coefficient (Wildman–Crippen LogP) is 7.66. The van der Waals surface area contributed by atoms with Crippen LogP contribution < -0.4 is 0 Å². The highest BCUT2D eigenvalue weighted by atomic mass is 15.2. The molecule has 0 aliphatic heterocycles. The Bertz CT molecular complexity index is 979. The third-order valence-electron chi connectivity index (χ3n) is 6.03. The maximum Gasteiger partial charge on any atom is 0.0372 e. The number of rotatable bonds is 11. The minimum Gasteiger partial charge on any atom is -0.368 e. The first kappa shape index (κ1) is 21.9. The first-order valence-electron chi connectivity index (χ1n) is 11.3. The number of fused-ring (bicyclic) bond motifs is 1. The summed E-state index contributed by atoms with van der Waals surface area (Å²) < 4.78 is 0. The van der Waals surface area contributed by atoms with E-state index in [-0.39, 0.29) is 0 Å². The maximum atomic E-state index is 4.55. The van der Waals surface area contributed by atoms with E-state index in [2.05, 4.69) is 98.6 Å². The molecule has 0 bridgehead atoms. The Kier molecular flexibility index (Phi) is 7.90. The molecule has 1 heteroatoms. The summed E-state index contributed by atoms with van der Waals surface area (Å²) in [6.07, 6.45) is 7.29. The molecule has 0 aliphatic carbocycles. The van der Waals surface area contributed by atoms with Gasteiger partial charge in [-0.2, -0.15) is 0 Å². The zero-order valence-corrected chi connectivity index (χ0v) is 18.6. The van der Waals surface area contributed by atoms with Crippen molar-refractivity contribution in [3.05, 3.63) is 103 Å². The van der Waals surface area contributed by atoms with Crippen molar-refractivity contribution in [3.63, 3.8) is 0 Å². The van der Waals surface area contributed by atoms with Gasteiger partial charge in [0.25, 0.3) is 0 Å². The molecule has 0 amide bonds. The second kappa shape index (κ2) is 10.8. The van der Waals surface area contributed by atoms with Crippen molar-refractivity contribution in [2.24, 2.45) is 0 Å². The fourth-order valence-electron chi connectivity index (χ4n) is 4.44. The molecule has 1 nitrogen and oxygen atoms in total. The van der Waals surface area contributed by atoms with Crippen LogP contribution in [0.3, 0.4) is 0 Å². The number of nitrogens with zero attached hydrogens (tertiary/aromatic N) is 1. The van der Waals surface area contributed by atoms with E-state index < -0.39 is 0 Å². The van der Waals surface area contributed by atoms with Crippen molar-refractivity contribution in [2.75, 3.05) is 6.54 Å². The number of hydrogen-bond donors (Lipinski definition) is 0. The van der Waals surface area contributed by atoms with E-state index in [9.17, 15) is 0 Å². The highest BCUT2D eigenvalue weighted by Gasteiger charge is 2.19. The Balaban J connectivity index is 1.85.